The van der Waals surface area contributed by atoms with Crippen molar-refractivity contribution < 1.29 is 43.0 Å². The fraction of sp³-hybridized carbons (Fsp3) is 0.463. The Balaban J connectivity index is 0.000000217. The van der Waals surface area contributed by atoms with Gasteiger partial charge in [-0.3, -0.25) is 24.0 Å². The van der Waals surface area contributed by atoms with Gasteiger partial charge >= 0.3 is 6.09 Å². The van der Waals surface area contributed by atoms with Gasteiger partial charge in [0.15, 0.2) is 0 Å². The number of nitrogens with one attached hydrogen (secondary N) is 2. The smallest absolute Gasteiger partial charge is 0.407 e. The lowest BCUT2D eigenvalue weighted by molar-refractivity contribution is -0.135. The lowest BCUT2D eigenvalue weighted by Gasteiger charge is -2.42. The molecule has 436 valence electrons. The highest BCUT2D eigenvalue weighted by atomic mass is 16.5. The zero-order valence-electron chi connectivity index (χ0n) is 49.6. The fourth-order valence-electron chi connectivity index (χ4n) is 12.1. The quantitative estimate of drug-likeness (QED) is 0.0921. The first kappa shape index (κ1) is 60.4. The third-order valence-electron chi connectivity index (χ3n) is 16.6. The minimum atomic E-state index is -1.29. The largest absolute Gasteiger partial charge is 0.471 e. The summed E-state index contributed by atoms with van der Waals surface area (Å²) in [5, 5.41) is 5.65. The van der Waals surface area contributed by atoms with E-state index in [1.807, 2.05) is 133 Å². The lowest BCUT2D eigenvalue weighted by atomic mass is 9.90. The number of fused-ring (bicyclic) bond motifs is 2. The Bertz CT molecular complexity index is 3050. The van der Waals surface area contributed by atoms with Gasteiger partial charge in [-0.2, -0.15) is 0 Å². The molecule has 5 aromatic carbocycles. The molecule has 9 rings (SSSR count). The maximum atomic E-state index is 14.2. The van der Waals surface area contributed by atoms with Crippen molar-refractivity contribution in [3.05, 3.63) is 154 Å². The third-order valence-corrected chi connectivity index (χ3v) is 16.6. The monoisotopic (exact) mass is 1120 g/mol. The average molecular weight is 1120 g/mol. The highest BCUT2D eigenvalue weighted by molar-refractivity contribution is 6.07. The summed E-state index contributed by atoms with van der Waals surface area (Å²) >= 11 is 0. The summed E-state index contributed by atoms with van der Waals surface area (Å²) in [6.45, 7) is 18.5. The molecule has 2 fully saturated rings. The second kappa shape index (κ2) is 26.9. The second-order valence-electron chi connectivity index (χ2n) is 23.1. The molecule has 2 aliphatic carbocycles. The Morgan fingerprint density at radius 2 is 0.976 bits per heavy atom. The summed E-state index contributed by atoms with van der Waals surface area (Å²) in [6.07, 6.45) is 10.8. The standard InChI is InChI=1S/C36H43N3O5.C31H41N3O4/c1-25(2)39(29-18-12-7-13-19-29)33(40)30-23-31-32(22-26(30)3)44-36(4,28-16-10-6-11-17-28)34(41)38(31)21-20-37-35(42)43-24-27-14-8-5-9-15-27;1-6-28(35)32-17-18-33-26-20-25(29(36)34(21(2)3)24-15-11-8-12-16-24)22(4)19-27(26)38-31(5,30(33)37)23-13-9-7-10-14-23/h5-6,8-11,14-17,22-23,25,29H,7,12-13,18-21,24H2,1-4H3,(H,37,42);7,9-10,13-14,19-21,24H,6,8,11-12,15-18H2,1-5H3,(H,32,35). The first-order chi connectivity index (χ1) is 39.4. The van der Waals surface area contributed by atoms with Crippen molar-refractivity contribution in [2.24, 2.45) is 0 Å². The third kappa shape index (κ3) is 13.5. The molecule has 2 aliphatic heterocycles. The molecule has 2 atom stereocenters. The Morgan fingerprint density at radius 1 is 0.585 bits per heavy atom. The predicted molar refractivity (Wildman–Crippen MR) is 320 cm³/mol. The molecule has 0 aromatic heterocycles. The van der Waals surface area contributed by atoms with Crippen LogP contribution in [-0.4, -0.2) is 95.8 Å². The van der Waals surface area contributed by atoms with Crippen LogP contribution >= 0.6 is 0 Å². The van der Waals surface area contributed by atoms with Gasteiger partial charge in [-0.15, -0.1) is 0 Å². The number of nitrogens with zero attached hydrogens (tertiary/aromatic N) is 4. The summed E-state index contributed by atoms with van der Waals surface area (Å²) in [5.74, 6) is 0.472. The first-order valence-corrected chi connectivity index (χ1v) is 29.6. The number of amides is 6. The number of alkyl carbamates (subject to hydrolysis) is 1. The molecule has 6 amide bonds. The molecular weight excluding hydrogens is 1030 g/mol. The zero-order valence-corrected chi connectivity index (χ0v) is 49.6. The van der Waals surface area contributed by atoms with E-state index in [2.05, 4.69) is 38.3 Å². The number of hydrogen-bond donors (Lipinski definition) is 2. The molecular formula is C67H84N6O9. The average Bonchev–Trinajstić information content (AvgIpc) is 1.66. The van der Waals surface area contributed by atoms with Crippen molar-refractivity contribution >= 4 is 47.0 Å². The molecule has 0 radical (unpaired) electrons. The Labute approximate surface area is 485 Å². The molecule has 0 spiro atoms. The van der Waals surface area contributed by atoms with Crippen LogP contribution in [0.3, 0.4) is 0 Å². The number of ether oxygens (including phenoxy) is 3. The molecule has 2 N–H and O–H groups in total. The van der Waals surface area contributed by atoms with Crippen molar-refractivity contribution in [2.45, 2.75) is 175 Å². The van der Waals surface area contributed by atoms with Crippen LogP contribution in [0.25, 0.3) is 0 Å². The molecule has 5 aromatic rings. The normalized spacial score (nSPS) is 19.0. The summed E-state index contributed by atoms with van der Waals surface area (Å²) in [5.41, 5.74) is 3.68. The first-order valence-electron chi connectivity index (χ1n) is 29.6. The van der Waals surface area contributed by atoms with Crippen LogP contribution in [0, 0.1) is 13.8 Å². The van der Waals surface area contributed by atoms with Gasteiger partial charge in [0.1, 0.15) is 18.1 Å². The summed E-state index contributed by atoms with van der Waals surface area (Å²) < 4.78 is 18.3. The van der Waals surface area contributed by atoms with Crippen molar-refractivity contribution in [2.75, 3.05) is 36.0 Å². The molecule has 2 heterocycles. The van der Waals surface area contributed by atoms with Crippen molar-refractivity contribution in [3.8, 4) is 11.5 Å². The number of aryl methyl sites for hydroxylation is 2. The van der Waals surface area contributed by atoms with Gasteiger partial charge in [-0.05, 0) is 122 Å². The lowest BCUT2D eigenvalue weighted by Crippen LogP contribution is -2.54. The van der Waals surface area contributed by atoms with E-state index in [1.54, 1.807) is 36.6 Å². The van der Waals surface area contributed by atoms with Gasteiger partial charge in [0.05, 0.1) is 11.4 Å². The zero-order chi connectivity index (χ0) is 58.7. The number of carbonyl (C=O) groups excluding carboxylic acids is 6. The van der Waals surface area contributed by atoms with Crippen LogP contribution in [0.4, 0.5) is 16.2 Å². The van der Waals surface area contributed by atoms with E-state index in [0.717, 1.165) is 79.2 Å². The molecule has 4 aliphatic rings. The van der Waals surface area contributed by atoms with Gasteiger partial charge in [0.2, 0.25) is 17.1 Å². The Morgan fingerprint density at radius 3 is 1.37 bits per heavy atom. The number of benzene rings is 5. The van der Waals surface area contributed by atoms with Crippen LogP contribution in [-0.2, 0) is 36.9 Å². The minimum Gasteiger partial charge on any atom is -0.471 e. The van der Waals surface area contributed by atoms with Crippen molar-refractivity contribution in [1.82, 2.24) is 20.4 Å². The van der Waals surface area contributed by atoms with Crippen LogP contribution in [0.2, 0.25) is 0 Å². The molecule has 15 heteroatoms. The van der Waals surface area contributed by atoms with Gasteiger partial charge in [-0.1, -0.05) is 136 Å². The van der Waals surface area contributed by atoms with Crippen molar-refractivity contribution in [3.63, 3.8) is 0 Å². The molecule has 15 nitrogen and oxygen atoms in total. The van der Waals surface area contributed by atoms with Crippen molar-refractivity contribution in [1.29, 1.82) is 0 Å². The maximum Gasteiger partial charge on any atom is 0.407 e. The van der Waals surface area contributed by atoms with E-state index in [9.17, 15) is 28.8 Å². The van der Waals surface area contributed by atoms with Gasteiger partial charge in [0, 0.05) is 79.0 Å². The molecule has 0 bridgehead atoms. The molecule has 2 unspecified atom stereocenters. The number of hydrogen-bond acceptors (Lipinski definition) is 9. The number of carbonyl (C=O) groups is 6. The van der Waals surface area contributed by atoms with Gasteiger partial charge < -0.3 is 44.4 Å². The van der Waals surface area contributed by atoms with E-state index >= 15 is 0 Å². The van der Waals surface area contributed by atoms with Gasteiger partial charge in [-0.25, -0.2) is 4.79 Å². The number of anilines is 2. The summed E-state index contributed by atoms with van der Waals surface area (Å²) in [4.78, 5) is 88.1. The van der Waals surface area contributed by atoms with Gasteiger partial charge in [0.25, 0.3) is 23.6 Å². The van der Waals surface area contributed by atoms with E-state index in [4.69, 9.17) is 14.2 Å². The number of rotatable bonds is 17. The van der Waals surface area contributed by atoms with Crippen LogP contribution in [0.5, 0.6) is 11.5 Å². The minimum absolute atomic E-state index is 0.00437. The molecule has 2 saturated carbocycles. The van der Waals surface area contributed by atoms with Crippen LogP contribution in [0.15, 0.2) is 115 Å². The fourth-order valence-corrected chi connectivity index (χ4v) is 12.1. The summed E-state index contributed by atoms with van der Waals surface area (Å²) in [7, 11) is 0. The van der Waals surface area contributed by atoms with E-state index < -0.39 is 17.3 Å². The second-order valence-corrected chi connectivity index (χ2v) is 23.1. The maximum absolute atomic E-state index is 14.2. The summed E-state index contributed by atoms with van der Waals surface area (Å²) in [6, 6.07) is 36.2. The van der Waals surface area contributed by atoms with E-state index in [-0.39, 0.29) is 79.9 Å². The van der Waals surface area contributed by atoms with E-state index in [1.165, 1.54) is 12.8 Å². The molecule has 0 saturated heterocycles. The SMILES string of the molecule is CCC(=O)NCCN1C(=O)C(C)(c2ccccc2)Oc2cc(C)c(C(=O)N(C(C)C)C3CCCCC3)cc21.Cc1cc2c(cc1C(=O)N(C(C)C)C1CCCCC1)N(CCNC(=O)OCc1ccccc1)C(=O)C(C)(c1ccccc1)O2. The molecule has 82 heavy (non-hydrogen) atoms. The highest BCUT2D eigenvalue weighted by Gasteiger charge is 2.48. The topological polar surface area (TPSA) is 167 Å². The highest BCUT2D eigenvalue weighted by Crippen LogP contribution is 2.46. The predicted octanol–water partition coefficient (Wildman–Crippen LogP) is 12.1. The van der Waals surface area contributed by atoms with Crippen LogP contribution in [0.1, 0.15) is 168 Å². The van der Waals surface area contributed by atoms with E-state index in [0.29, 0.717) is 47.0 Å². The Kier molecular flexibility index (Phi) is 19.8. The Hall–Kier alpha value is -7.68. The van der Waals surface area contributed by atoms with Crippen LogP contribution < -0.4 is 29.9 Å².